The summed E-state index contributed by atoms with van der Waals surface area (Å²) in [5.41, 5.74) is 2.11. The molecule has 0 unspecified atom stereocenters. The lowest BCUT2D eigenvalue weighted by atomic mass is 9.85. The molecule has 0 aliphatic heterocycles. The molecule has 2 aromatic heterocycles. The lowest BCUT2D eigenvalue weighted by Crippen LogP contribution is -2.23. The maximum atomic E-state index is 12.7. The van der Waals surface area contributed by atoms with Crippen LogP contribution in [0.2, 0.25) is 0 Å². The first-order valence-corrected chi connectivity index (χ1v) is 9.50. The molecule has 1 saturated carbocycles. The molecule has 2 heterocycles. The van der Waals surface area contributed by atoms with Crippen LogP contribution in [0.15, 0.2) is 35.5 Å². The number of aryl methyl sites for hydroxylation is 1. The van der Waals surface area contributed by atoms with Crippen molar-refractivity contribution in [1.82, 2.24) is 19.7 Å². The zero-order valence-electron chi connectivity index (χ0n) is 13.4. The Morgan fingerprint density at radius 1 is 1.33 bits per heavy atom. The highest BCUT2D eigenvalue weighted by Gasteiger charge is 2.24. The average Bonchev–Trinajstić information content (AvgIpc) is 3.07. The fourth-order valence-electron chi connectivity index (χ4n) is 3.01. The summed E-state index contributed by atoms with van der Waals surface area (Å²) in [5.74, 6) is 1.33. The van der Waals surface area contributed by atoms with Gasteiger partial charge in [0.2, 0.25) is 0 Å². The van der Waals surface area contributed by atoms with Crippen LogP contribution in [0.4, 0.5) is 5.69 Å². The molecule has 7 nitrogen and oxygen atoms in total. The fourth-order valence-corrected chi connectivity index (χ4v) is 4.19. The Bertz CT molecular complexity index is 985. The molecule has 0 saturated heterocycles. The van der Waals surface area contributed by atoms with E-state index in [2.05, 4.69) is 19.8 Å². The summed E-state index contributed by atoms with van der Waals surface area (Å²) in [5, 5.41) is 4.38. The van der Waals surface area contributed by atoms with Crippen molar-refractivity contribution in [3.8, 4) is 0 Å². The number of fused-ring (bicyclic) bond motifs is 1. The summed E-state index contributed by atoms with van der Waals surface area (Å²) >= 11 is 0. The second-order valence-corrected chi connectivity index (χ2v) is 7.94. The summed E-state index contributed by atoms with van der Waals surface area (Å²) in [6.07, 6.45) is 5.04. The second-order valence-electron chi connectivity index (χ2n) is 6.31. The Balaban J connectivity index is 1.61. The smallest absolute Gasteiger partial charge is 0.279 e. The molecule has 2 N–H and O–H groups in total. The van der Waals surface area contributed by atoms with Crippen molar-refractivity contribution in [1.29, 1.82) is 0 Å². The number of rotatable bonds is 5. The third-order valence-corrected chi connectivity index (χ3v) is 5.86. The van der Waals surface area contributed by atoms with Crippen LogP contribution in [-0.2, 0) is 16.6 Å². The maximum Gasteiger partial charge on any atom is 0.279 e. The standard InChI is InChI=1S/C16H19N5O2S/c1-11-18-14-6-5-13(9-15(14)19-11)20-24(22,23)16-7-8-17-21(16)10-12-3-2-4-12/h5-9,12,20H,2-4,10H2,1H3,(H,18,19). The van der Waals surface area contributed by atoms with Gasteiger partial charge >= 0.3 is 0 Å². The summed E-state index contributed by atoms with van der Waals surface area (Å²) < 4.78 is 29.7. The Hall–Kier alpha value is -2.35. The molecule has 1 aliphatic carbocycles. The van der Waals surface area contributed by atoms with Crippen molar-refractivity contribution < 1.29 is 8.42 Å². The first kappa shape index (κ1) is 15.2. The minimum absolute atomic E-state index is 0.204. The molecule has 0 spiro atoms. The highest BCUT2D eigenvalue weighted by atomic mass is 32.2. The van der Waals surface area contributed by atoms with Gasteiger partial charge in [-0.1, -0.05) is 6.42 Å². The zero-order chi connectivity index (χ0) is 16.7. The number of nitrogens with zero attached hydrogens (tertiary/aromatic N) is 3. The van der Waals surface area contributed by atoms with Gasteiger partial charge in [-0.3, -0.25) is 9.40 Å². The number of aromatic amines is 1. The van der Waals surface area contributed by atoms with Gasteiger partial charge in [-0.2, -0.15) is 13.5 Å². The number of benzene rings is 1. The van der Waals surface area contributed by atoms with Gasteiger partial charge in [0.1, 0.15) is 5.82 Å². The van der Waals surface area contributed by atoms with Gasteiger partial charge in [-0.05, 0) is 49.9 Å². The molecule has 1 aliphatic rings. The van der Waals surface area contributed by atoms with E-state index < -0.39 is 10.0 Å². The van der Waals surface area contributed by atoms with E-state index in [0.717, 1.165) is 29.7 Å². The Kier molecular flexibility index (Phi) is 3.56. The summed E-state index contributed by atoms with van der Waals surface area (Å²) in [7, 11) is -3.68. The largest absolute Gasteiger partial charge is 0.342 e. The highest BCUT2D eigenvalue weighted by Crippen LogP contribution is 2.29. The normalized spacial score (nSPS) is 15.5. The number of hydrogen-bond acceptors (Lipinski definition) is 4. The molecule has 0 atom stereocenters. The van der Waals surface area contributed by atoms with Crippen LogP contribution >= 0.6 is 0 Å². The zero-order valence-corrected chi connectivity index (χ0v) is 14.2. The van der Waals surface area contributed by atoms with Gasteiger partial charge in [-0.15, -0.1) is 0 Å². The lowest BCUT2D eigenvalue weighted by Gasteiger charge is -2.25. The van der Waals surface area contributed by atoms with Crippen LogP contribution in [0.25, 0.3) is 11.0 Å². The van der Waals surface area contributed by atoms with Crippen molar-refractivity contribution in [3.63, 3.8) is 0 Å². The molecule has 0 radical (unpaired) electrons. The number of nitrogens with one attached hydrogen (secondary N) is 2. The average molecular weight is 345 g/mol. The maximum absolute atomic E-state index is 12.7. The summed E-state index contributed by atoms with van der Waals surface area (Å²) in [4.78, 5) is 7.42. The highest BCUT2D eigenvalue weighted by molar-refractivity contribution is 7.92. The van der Waals surface area contributed by atoms with Gasteiger partial charge in [0.05, 0.1) is 22.9 Å². The van der Waals surface area contributed by atoms with Crippen LogP contribution in [0.5, 0.6) is 0 Å². The molecule has 3 aromatic rings. The molecular formula is C16H19N5O2S. The first-order chi connectivity index (χ1) is 11.5. The van der Waals surface area contributed by atoms with E-state index in [9.17, 15) is 8.42 Å². The van der Waals surface area contributed by atoms with Gasteiger partial charge in [-0.25, -0.2) is 4.98 Å². The van der Waals surface area contributed by atoms with Gasteiger partial charge in [0, 0.05) is 6.54 Å². The quantitative estimate of drug-likeness (QED) is 0.743. The van der Waals surface area contributed by atoms with Crippen molar-refractivity contribution >= 4 is 26.7 Å². The van der Waals surface area contributed by atoms with Crippen molar-refractivity contribution in [2.75, 3.05) is 4.72 Å². The SMILES string of the molecule is Cc1nc2ccc(NS(=O)(=O)c3ccnn3CC3CCC3)cc2[nH]1. The summed E-state index contributed by atoms with van der Waals surface area (Å²) in [6.45, 7) is 2.52. The van der Waals surface area contributed by atoms with Crippen molar-refractivity contribution in [3.05, 3.63) is 36.3 Å². The van der Waals surface area contributed by atoms with E-state index in [-0.39, 0.29) is 5.03 Å². The van der Waals surface area contributed by atoms with E-state index >= 15 is 0 Å². The minimum atomic E-state index is -3.68. The predicted octanol–water partition coefficient (Wildman–Crippen LogP) is 2.67. The van der Waals surface area contributed by atoms with Crippen LogP contribution in [0.1, 0.15) is 25.1 Å². The molecule has 24 heavy (non-hydrogen) atoms. The van der Waals surface area contributed by atoms with Crippen LogP contribution in [-0.4, -0.2) is 28.2 Å². The molecule has 0 amide bonds. The first-order valence-electron chi connectivity index (χ1n) is 8.02. The molecule has 8 heteroatoms. The van der Waals surface area contributed by atoms with E-state index in [1.807, 2.05) is 6.92 Å². The van der Waals surface area contributed by atoms with Crippen LogP contribution < -0.4 is 4.72 Å². The minimum Gasteiger partial charge on any atom is -0.342 e. The van der Waals surface area contributed by atoms with Gasteiger partial charge in [0.15, 0.2) is 5.03 Å². The van der Waals surface area contributed by atoms with Gasteiger partial charge in [0.25, 0.3) is 10.0 Å². The molecule has 4 rings (SSSR count). The van der Waals surface area contributed by atoms with E-state index in [1.54, 1.807) is 28.9 Å². The van der Waals surface area contributed by atoms with E-state index in [1.165, 1.54) is 12.6 Å². The Morgan fingerprint density at radius 3 is 2.92 bits per heavy atom. The molecule has 0 bridgehead atoms. The molecule has 1 fully saturated rings. The molecule has 1 aromatic carbocycles. The fraction of sp³-hybridized carbons (Fsp3) is 0.375. The number of hydrogen-bond donors (Lipinski definition) is 2. The lowest BCUT2D eigenvalue weighted by molar-refractivity contribution is 0.258. The number of imidazole rings is 1. The Labute approximate surface area is 140 Å². The van der Waals surface area contributed by atoms with Gasteiger partial charge < -0.3 is 4.98 Å². The third-order valence-electron chi connectivity index (χ3n) is 4.46. The predicted molar refractivity (Wildman–Crippen MR) is 91.2 cm³/mol. The van der Waals surface area contributed by atoms with Crippen molar-refractivity contribution in [2.45, 2.75) is 37.8 Å². The summed E-state index contributed by atoms with van der Waals surface area (Å²) in [6, 6.07) is 6.80. The molecular weight excluding hydrogens is 326 g/mol. The van der Waals surface area contributed by atoms with Crippen LogP contribution in [0.3, 0.4) is 0 Å². The van der Waals surface area contributed by atoms with Crippen LogP contribution in [0, 0.1) is 12.8 Å². The topological polar surface area (TPSA) is 92.7 Å². The number of H-pyrrole nitrogens is 1. The number of anilines is 1. The number of aromatic nitrogens is 4. The third kappa shape index (κ3) is 2.77. The Morgan fingerprint density at radius 2 is 2.17 bits per heavy atom. The monoisotopic (exact) mass is 345 g/mol. The van der Waals surface area contributed by atoms with E-state index in [0.29, 0.717) is 18.2 Å². The molecule has 126 valence electrons. The van der Waals surface area contributed by atoms with E-state index in [4.69, 9.17) is 0 Å². The second kappa shape index (κ2) is 5.62. The number of sulfonamides is 1. The van der Waals surface area contributed by atoms with Crippen molar-refractivity contribution in [2.24, 2.45) is 5.92 Å².